The number of hydrogen-bond donors (Lipinski definition) is 0. The quantitative estimate of drug-likeness (QED) is 0.858. The zero-order valence-corrected chi connectivity index (χ0v) is 13.7. The first-order chi connectivity index (χ1) is 11.1. The Kier molecular flexibility index (Phi) is 4.20. The van der Waals surface area contributed by atoms with Crippen LogP contribution in [0.4, 0.5) is 0 Å². The molecule has 2 aliphatic rings. The minimum atomic E-state index is -0.518. The summed E-state index contributed by atoms with van der Waals surface area (Å²) < 4.78 is 5.16. The Labute approximate surface area is 136 Å². The molecule has 0 N–H and O–H groups in total. The molecule has 5 nitrogen and oxygen atoms in total. The standard InChI is InChI=1S/C18H22N2O3/c1-13(21)12-20-17(22)16(14-6-8-15(23-2)9-7-14)19-18(20)10-4-3-5-11-18/h6-9H,3-5,10-12H2,1-2H3. The fourth-order valence-corrected chi connectivity index (χ4v) is 3.51. The fraction of sp³-hybridized carbons (Fsp3) is 0.500. The number of rotatable bonds is 4. The number of amides is 1. The fourth-order valence-electron chi connectivity index (χ4n) is 3.51. The van der Waals surface area contributed by atoms with Crippen molar-refractivity contribution in [2.45, 2.75) is 44.7 Å². The Bertz CT molecular complexity index is 643. The Morgan fingerprint density at radius 2 is 1.87 bits per heavy atom. The van der Waals surface area contributed by atoms with Crippen LogP contribution in [-0.4, -0.2) is 41.6 Å². The van der Waals surface area contributed by atoms with Crippen LogP contribution in [0.1, 0.15) is 44.6 Å². The molecular formula is C18H22N2O3. The molecule has 1 heterocycles. The number of ketones is 1. The third kappa shape index (κ3) is 2.87. The molecule has 3 rings (SSSR count). The number of Topliss-reactive ketones (excluding diaryl/α,β-unsaturated/α-hetero) is 1. The maximum Gasteiger partial charge on any atom is 0.275 e. The Morgan fingerprint density at radius 1 is 1.22 bits per heavy atom. The lowest BCUT2D eigenvalue weighted by Crippen LogP contribution is -2.50. The number of methoxy groups -OCH3 is 1. The van der Waals surface area contributed by atoms with Gasteiger partial charge in [-0.25, -0.2) is 0 Å². The van der Waals surface area contributed by atoms with E-state index in [1.54, 1.807) is 12.0 Å². The van der Waals surface area contributed by atoms with Crippen LogP contribution in [0.2, 0.25) is 0 Å². The number of ether oxygens (including phenoxy) is 1. The number of nitrogens with zero attached hydrogens (tertiary/aromatic N) is 2. The first-order valence-corrected chi connectivity index (χ1v) is 8.11. The largest absolute Gasteiger partial charge is 0.497 e. The maximum atomic E-state index is 12.9. The van der Waals surface area contributed by atoms with Crippen LogP contribution in [0.25, 0.3) is 0 Å². The summed E-state index contributed by atoms with van der Waals surface area (Å²) in [7, 11) is 1.61. The summed E-state index contributed by atoms with van der Waals surface area (Å²) in [6, 6.07) is 7.35. The highest BCUT2D eigenvalue weighted by Crippen LogP contribution is 2.39. The molecule has 1 aromatic carbocycles. The number of carbonyl (C=O) groups excluding carboxylic acids is 2. The molecule has 1 aromatic rings. The van der Waals surface area contributed by atoms with Crippen molar-refractivity contribution in [3.05, 3.63) is 29.8 Å². The summed E-state index contributed by atoms with van der Waals surface area (Å²) in [6.07, 6.45) is 4.93. The van der Waals surface area contributed by atoms with Crippen LogP contribution >= 0.6 is 0 Å². The monoisotopic (exact) mass is 314 g/mol. The molecule has 1 amide bonds. The Balaban J connectivity index is 1.97. The molecule has 1 saturated carbocycles. The summed E-state index contributed by atoms with van der Waals surface area (Å²) in [5.41, 5.74) is 0.735. The molecule has 0 radical (unpaired) electrons. The number of aliphatic imine (C=N–C) groups is 1. The topological polar surface area (TPSA) is 59.0 Å². The van der Waals surface area contributed by atoms with Crippen LogP contribution in [-0.2, 0) is 9.59 Å². The van der Waals surface area contributed by atoms with Gasteiger partial charge >= 0.3 is 0 Å². The molecule has 0 aromatic heterocycles. The highest BCUT2D eigenvalue weighted by atomic mass is 16.5. The van der Waals surface area contributed by atoms with Crippen LogP contribution in [0.5, 0.6) is 5.75 Å². The van der Waals surface area contributed by atoms with Crippen molar-refractivity contribution in [2.75, 3.05) is 13.7 Å². The smallest absolute Gasteiger partial charge is 0.275 e. The van der Waals surface area contributed by atoms with Crippen molar-refractivity contribution in [1.82, 2.24) is 4.90 Å². The van der Waals surface area contributed by atoms with Gasteiger partial charge in [-0.15, -0.1) is 0 Å². The summed E-state index contributed by atoms with van der Waals surface area (Å²) in [4.78, 5) is 31.0. The summed E-state index contributed by atoms with van der Waals surface area (Å²) in [5.74, 6) is 0.606. The predicted octanol–water partition coefficient (Wildman–Crippen LogP) is 2.58. The van der Waals surface area contributed by atoms with Gasteiger partial charge in [-0.05, 0) is 56.9 Å². The first-order valence-electron chi connectivity index (χ1n) is 8.11. The predicted molar refractivity (Wildman–Crippen MR) is 87.7 cm³/mol. The van der Waals surface area contributed by atoms with Crippen LogP contribution < -0.4 is 4.74 Å². The van der Waals surface area contributed by atoms with Crippen molar-refractivity contribution in [3.8, 4) is 5.75 Å². The molecule has 1 aliphatic heterocycles. The summed E-state index contributed by atoms with van der Waals surface area (Å²) >= 11 is 0. The van der Waals surface area contributed by atoms with E-state index >= 15 is 0 Å². The van der Waals surface area contributed by atoms with Gasteiger partial charge in [0.2, 0.25) is 0 Å². The molecule has 5 heteroatoms. The average molecular weight is 314 g/mol. The SMILES string of the molecule is COc1ccc(C2=NC3(CCCCC3)N(CC(C)=O)C2=O)cc1. The second kappa shape index (κ2) is 6.14. The van der Waals surface area contributed by atoms with Crippen molar-refractivity contribution < 1.29 is 14.3 Å². The lowest BCUT2D eigenvalue weighted by molar-refractivity contribution is -0.134. The highest BCUT2D eigenvalue weighted by Gasteiger charge is 2.47. The van der Waals surface area contributed by atoms with E-state index in [1.165, 1.54) is 6.92 Å². The second-order valence-electron chi connectivity index (χ2n) is 6.33. The van der Waals surface area contributed by atoms with Gasteiger partial charge in [0.15, 0.2) is 0 Å². The van der Waals surface area contributed by atoms with E-state index in [9.17, 15) is 9.59 Å². The van der Waals surface area contributed by atoms with Gasteiger partial charge in [-0.1, -0.05) is 6.42 Å². The Morgan fingerprint density at radius 3 is 2.43 bits per heavy atom. The van der Waals surface area contributed by atoms with Crippen molar-refractivity contribution in [2.24, 2.45) is 4.99 Å². The van der Waals surface area contributed by atoms with Gasteiger partial charge in [-0.2, -0.15) is 0 Å². The third-order valence-electron chi connectivity index (χ3n) is 4.67. The lowest BCUT2D eigenvalue weighted by Gasteiger charge is -2.38. The van der Waals surface area contributed by atoms with Crippen LogP contribution in [0.15, 0.2) is 29.3 Å². The molecule has 0 bridgehead atoms. The number of carbonyl (C=O) groups is 2. The van der Waals surface area contributed by atoms with E-state index in [2.05, 4.69) is 0 Å². The molecule has 122 valence electrons. The molecule has 23 heavy (non-hydrogen) atoms. The Hall–Kier alpha value is -2.17. The maximum absolute atomic E-state index is 12.9. The molecule has 0 atom stereocenters. The zero-order chi connectivity index (χ0) is 16.4. The highest BCUT2D eigenvalue weighted by molar-refractivity contribution is 6.47. The molecular weight excluding hydrogens is 292 g/mol. The van der Waals surface area contributed by atoms with Gasteiger partial charge in [0, 0.05) is 5.56 Å². The average Bonchev–Trinajstić information content (AvgIpc) is 2.81. The number of benzene rings is 1. The van der Waals surface area contributed by atoms with Gasteiger partial charge in [0.25, 0.3) is 5.91 Å². The third-order valence-corrected chi connectivity index (χ3v) is 4.67. The molecule has 0 saturated heterocycles. The van der Waals surface area contributed by atoms with Crippen molar-refractivity contribution in [3.63, 3.8) is 0 Å². The van der Waals surface area contributed by atoms with E-state index in [0.29, 0.717) is 5.71 Å². The zero-order valence-electron chi connectivity index (χ0n) is 13.7. The summed E-state index contributed by atoms with van der Waals surface area (Å²) in [6.45, 7) is 1.66. The van der Waals surface area contributed by atoms with Gasteiger partial charge < -0.3 is 9.64 Å². The molecule has 0 unspecified atom stereocenters. The molecule has 1 spiro atoms. The van der Waals surface area contributed by atoms with Crippen LogP contribution in [0, 0.1) is 0 Å². The minimum Gasteiger partial charge on any atom is -0.497 e. The van der Waals surface area contributed by atoms with Gasteiger partial charge in [0.05, 0.1) is 13.7 Å². The van der Waals surface area contributed by atoms with Gasteiger partial charge in [-0.3, -0.25) is 14.6 Å². The summed E-state index contributed by atoms with van der Waals surface area (Å²) in [5, 5.41) is 0. The van der Waals surface area contributed by atoms with E-state index in [0.717, 1.165) is 43.4 Å². The van der Waals surface area contributed by atoms with Crippen molar-refractivity contribution in [1.29, 1.82) is 0 Å². The van der Waals surface area contributed by atoms with E-state index in [4.69, 9.17) is 9.73 Å². The molecule has 1 fully saturated rings. The van der Waals surface area contributed by atoms with E-state index in [1.807, 2.05) is 24.3 Å². The van der Waals surface area contributed by atoms with Crippen LogP contribution in [0.3, 0.4) is 0 Å². The van der Waals surface area contributed by atoms with Crippen molar-refractivity contribution >= 4 is 17.4 Å². The van der Waals surface area contributed by atoms with Gasteiger partial charge in [0.1, 0.15) is 22.9 Å². The van der Waals surface area contributed by atoms with E-state index in [-0.39, 0.29) is 18.2 Å². The molecule has 1 aliphatic carbocycles. The minimum absolute atomic E-state index is 0.00511. The lowest BCUT2D eigenvalue weighted by atomic mass is 9.88. The number of hydrogen-bond acceptors (Lipinski definition) is 4. The van der Waals surface area contributed by atoms with E-state index < -0.39 is 5.66 Å². The second-order valence-corrected chi connectivity index (χ2v) is 6.33. The first kappa shape index (κ1) is 15.7. The normalized spacial score (nSPS) is 19.8.